The SMILES string of the molecule is CC(=O)c1cc(C)nn1Cc1ccc(F)cc1. The van der Waals surface area contributed by atoms with E-state index in [0.29, 0.717) is 12.2 Å². The Morgan fingerprint density at radius 1 is 1.35 bits per heavy atom. The fourth-order valence-electron chi connectivity index (χ4n) is 1.71. The monoisotopic (exact) mass is 232 g/mol. The Kier molecular flexibility index (Phi) is 3.04. The van der Waals surface area contributed by atoms with Crippen molar-refractivity contribution < 1.29 is 9.18 Å². The van der Waals surface area contributed by atoms with E-state index in [2.05, 4.69) is 5.10 Å². The van der Waals surface area contributed by atoms with Crippen LogP contribution in [0.5, 0.6) is 0 Å². The smallest absolute Gasteiger partial charge is 0.177 e. The summed E-state index contributed by atoms with van der Waals surface area (Å²) in [7, 11) is 0. The summed E-state index contributed by atoms with van der Waals surface area (Å²) < 4.78 is 14.4. The number of ketones is 1. The molecule has 0 atom stereocenters. The minimum absolute atomic E-state index is 0.0206. The summed E-state index contributed by atoms with van der Waals surface area (Å²) in [5.74, 6) is -0.287. The van der Waals surface area contributed by atoms with Crippen LogP contribution in [-0.2, 0) is 6.54 Å². The lowest BCUT2D eigenvalue weighted by Crippen LogP contribution is -2.09. The normalized spacial score (nSPS) is 10.5. The van der Waals surface area contributed by atoms with Crippen LogP contribution in [-0.4, -0.2) is 15.6 Å². The number of aryl methyl sites for hydroxylation is 1. The summed E-state index contributed by atoms with van der Waals surface area (Å²) in [6.45, 7) is 3.83. The third-order valence-electron chi connectivity index (χ3n) is 2.51. The Morgan fingerprint density at radius 3 is 2.59 bits per heavy atom. The van der Waals surface area contributed by atoms with E-state index in [0.717, 1.165) is 11.3 Å². The Bertz CT molecular complexity index is 543. The van der Waals surface area contributed by atoms with Gasteiger partial charge in [0.1, 0.15) is 11.5 Å². The van der Waals surface area contributed by atoms with E-state index in [1.54, 1.807) is 22.9 Å². The van der Waals surface area contributed by atoms with Gasteiger partial charge in [-0.1, -0.05) is 12.1 Å². The molecule has 0 N–H and O–H groups in total. The number of Topliss-reactive ketones (excluding diaryl/α,β-unsaturated/α-hetero) is 1. The molecule has 3 nitrogen and oxygen atoms in total. The van der Waals surface area contributed by atoms with E-state index in [1.165, 1.54) is 19.1 Å². The summed E-state index contributed by atoms with van der Waals surface area (Å²) >= 11 is 0. The number of carbonyl (C=O) groups is 1. The van der Waals surface area contributed by atoms with Crippen molar-refractivity contribution in [3.63, 3.8) is 0 Å². The molecule has 88 valence electrons. The molecule has 1 heterocycles. The molecule has 2 rings (SSSR count). The van der Waals surface area contributed by atoms with Gasteiger partial charge in [0.05, 0.1) is 12.2 Å². The zero-order chi connectivity index (χ0) is 12.4. The second kappa shape index (κ2) is 4.49. The van der Waals surface area contributed by atoms with Crippen molar-refractivity contribution in [1.82, 2.24) is 9.78 Å². The molecule has 2 aromatic rings. The summed E-state index contributed by atoms with van der Waals surface area (Å²) in [6.07, 6.45) is 0. The summed E-state index contributed by atoms with van der Waals surface area (Å²) in [5, 5.41) is 4.25. The standard InChI is InChI=1S/C13H13FN2O/c1-9-7-13(10(2)17)16(15-9)8-11-3-5-12(14)6-4-11/h3-7H,8H2,1-2H3. The number of benzene rings is 1. The number of aromatic nitrogens is 2. The Balaban J connectivity index is 2.29. The van der Waals surface area contributed by atoms with Crippen molar-refractivity contribution in [3.05, 3.63) is 53.1 Å². The molecule has 0 amide bonds. The highest BCUT2D eigenvalue weighted by Crippen LogP contribution is 2.09. The average molecular weight is 232 g/mol. The van der Waals surface area contributed by atoms with Crippen LogP contribution in [0.3, 0.4) is 0 Å². The molecule has 0 aliphatic heterocycles. The van der Waals surface area contributed by atoms with Crippen LogP contribution < -0.4 is 0 Å². The molecule has 1 aromatic heterocycles. The number of nitrogens with zero attached hydrogens (tertiary/aromatic N) is 2. The maximum absolute atomic E-state index is 12.8. The first-order valence-corrected chi connectivity index (χ1v) is 5.36. The molecule has 0 aliphatic carbocycles. The molecular weight excluding hydrogens is 219 g/mol. The van der Waals surface area contributed by atoms with Crippen molar-refractivity contribution >= 4 is 5.78 Å². The largest absolute Gasteiger partial charge is 0.293 e. The minimum Gasteiger partial charge on any atom is -0.293 e. The third-order valence-corrected chi connectivity index (χ3v) is 2.51. The van der Waals surface area contributed by atoms with Crippen molar-refractivity contribution in [2.45, 2.75) is 20.4 Å². The maximum Gasteiger partial charge on any atom is 0.177 e. The van der Waals surface area contributed by atoms with Crippen LogP contribution in [0.25, 0.3) is 0 Å². The highest BCUT2D eigenvalue weighted by molar-refractivity contribution is 5.92. The van der Waals surface area contributed by atoms with Crippen LogP contribution in [0.4, 0.5) is 4.39 Å². The first kappa shape index (κ1) is 11.5. The number of hydrogen-bond donors (Lipinski definition) is 0. The average Bonchev–Trinajstić information content (AvgIpc) is 2.63. The quantitative estimate of drug-likeness (QED) is 0.762. The van der Waals surface area contributed by atoms with E-state index in [4.69, 9.17) is 0 Å². The summed E-state index contributed by atoms with van der Waals surface area (Å²) in [4.78, 5) is 11.4. The first-order valence-electron chi connectivity index (χ1n) is 5.36. The third kappa shape index (κ3) is 2.58. The predicted molar refractivity (Wildman–Crippen MR) is 62.5 cm³/mol. The van der Waals surface area contributed by atoms with E-state index in [9.17, 15) is 9.18 Å². The number of halogens is 1. The van der Waals surface area contributed by atoms with Crippen molar-refractivity contribution in [2.24, 2.45) is 0 Å². The van der Waals surface area contributed by atoms with Crippen LogP contribution in [0, 0.1) is 12.7 Å². The zero-order valence-corrected chi connectivity index (χ0v) is 9.77. The van der Waals surface area contributed by atoms with Gasteiger partial charge in [-0.25, -0.2) is 4.39 Å². The molecule has 17 heavy (non-hydrogen) atoms. The van der Waals surface area contributed by atoms with E-state index in [-0.39, 0.29) is 11.6 Å². The van der Waals surface area contributed by atoms with Gasteiger partial charge >= 0.3 is 0 Å². The van der Waals surface area contributed by atoms with Crippen molar-refractivity contribution in [1.29, 1.82) is 0 Å². The molecule has 0 aliphatic rings. The molecule has 0 radical (unpaired) electrons. The minimum atomic E-state index is -0.266. The van der Waals surface area contributed by atoms with E-state index >= 15 is 0 Å². The Hall–Kier alpha value is -1.97. The van der Waals surface area contributed by atoms with Gasteiger partial charge in [-0.05, 0) is 30.7 Å². The molecule has 0 unspecified atom stereocenters. The van der Waals surface area contributed by atoms with Gasteiger partial charge in [0.2, 0.25) is 0 Å². The molecule has 1 aromatic carbocycles. The molecule has 0 bridgehead atoms. The summed E-state index contributed by atoms with van der Waals surface area (Å²) in [6, 6.07) is 7.94. The fraction of sp³-hybridized carbons (Fsp3) is 0.231. The molecule has 0 saturated heterocycles. The topological polar surface area (TPSA) is 34.9 Å². The van der Waals surface area contributed by atoms with Crippen LogP contribution >= 0.6 is 0 Å². The Morgan fingerprint density at radius 2 is 2.00 bits per heavy atom. The van der Waals surface area contributed by atoms with Gasteiger partial charge in [0, 0.05) is 6.92 Å². The Labute approximate surface area is 98.9 Å². The number of hydrogen-bond acceptors (Lipinski definition) is 2. The maximum atomic E-state index is 12.8. The highest BCUT2D eigenvalue weighted by Gasteiger charge is 2.09. The second-order valence-electron chi connectivity index (χ2n) is 4.01. The van der Waals surface area contributed by atoms with Gasteiger partial charge in [-0.15, -0.1) is 0 Å². The van der Waals surface area contributed by atoms with Crippen molar-refractivity contribution in [2.75, 3.05) is 0 Å². The second-order valence-corrected chi connectivity index (χ2v) is 4.01. The fourth-order valence-corrected chi connectivity index (χ4v) is 1.71. The number of carbonyl (C=O) groups excluding carboxylic acids is 1. The van der Waals surface area contributed by atoms with Crippen molar-refractivity contribution in [3.8, 4) is 0 Å². The molecule has 0 fully saturated rings. The summed E-state index contributed by atoms with van der Waals surface area (Å²) in [5.41, 5.74) is 2.29. The van der Waals surface area contributed by atoms with E-state index < -0.39 is 0 Å². The molecule has 4 heteroatoms. The number of rotatable bonds is 3. The van der Waals surface area contributed by atoms with Gasteiger partial charge in [-0.3, -0.25) is 9.48 Å². The zero-order valence-electron chi connectivity index (χ0n) is 9.77. The van der Waals surface area contributed by atoms with Crippen LogP contribution in [0.2, 0.25) is 0 Å². The predicted octanol–water partition coefficient (Wildman–Crippen LogP) is 2.58. The molecule has 0 saturated carbocycles. The highest BCUT2D eigenvalue weighted by atomic mass is 19.1. The lowest BCUT2D eigenvalue weighted by molar-refractivity contribution is 0.100. The van der Waals surface area contributed by atoms with Gasteiger partial charge in [0.15, 0.2) is 5.78 Å². The van der Waals surface area contributed by atoms with Crippen LogP contribution in [0.1, 0.15) is 28.7 Å². The molecular formula is C13H13FN2O. The molecule has 0 spiro atoms. The van der Waals surface area contributed by atoms with Crippen LogP contribution in [0.15, 0.2) is 30.3 Å². The van der Waals surface area contributed by atoms with Gasteiger partial charge < -0.3 is 0 Å². The first-order chi connectivity index (χ1) is 8.06. The van der Waals surface area contributed by atoms with Gasteiger partial charge in [0.25, 0.3) is 0 Å². The van der Waals surface area contributed by atoms with Gasteiger partial charge in [-0.2, -0.15) is 5.10 Å². The van der Waals surface area contributed by atoms with E-state index in [1.807, 2.05) is 6.92 Å². The lowest BCUT2D eigenvalue weighted by atomic mass is 10.2. The lowest BCUT2D eigenvalue weighted by Gasteiger charge is -2.05.